The fraction of sp³-hybridized carbons (Fsp3) is 0.969. The molecule has 0 fully saturated rings. The molecule has 0 spiro atoms. The molecule has 204 valence electrons. The number of hydrogen-bond acceptors (Lipinski definition) is 1. The Morgan fingerprint density at radius 3 is 0.882 bits per heavy atom. The number of hydrogen-bond donors (Lipinski definition) is 1. The van der Waals surface area contributed by atoms with E-state index in [-0.39, 0.29) is 11.3 Å². The molecule has 0 saturated carbocycles. The lowest BCUT2D eigenvalue weighted by Gasteiger charge is -2.29. The molecule has 0 saturated heterocycles. The number of carbonyl (C=O) groups excluding carboxylic acids is 1. The van der Waals surface area contributed by atoms with Gasteiger partial charge >= 0.3 is 0 Å². The molecule has 0 atom stereocenters. The van der Waals surface area contributed by atoms with E-state index < -0.39 is 0 Å². The third-order valence-corrected chi connectivity index (χ3v) is 8.22. The molecule has 0 aliphatic carbocycles. The average Bonchev–Trinajstić information content (AvgIpc) is 2.84. The summed E-state index contributed by atoms with van der Waals surface area (Å²) in [5, 5.41) is 0. The Morgan fingerprint density at radius 2 is 0.676 bits per heavy atom. The standard InChI is InChI=1S/C32H65NO/c1-4-7-9-11-13-15-17-19-21-23-25-27-29-32(6-3,31(33)34)30-28-26-24-22-20-18-16-14-12-10-8-5-2/h4-30H2,1-3H3,(H2,33,34). The molecular formula is C32H65NO. The van der Waals surface area contributed by atoms with Crippen molar-refractivity contribution < 1.29 is 4.79 Å². The quantitative estimate of drug-likeness (QED) is 0.111. The van der Waals surface area contributed by atoms with Crippen LogP contribution in [0.5, 0.6) is 0 Å². The van der Waals surface area contributed by atoms with Gasteiger partial charge in [0.2, 0.25) is 5.91 Å². The van der Waals surface area contributed by atoms with Gasteiger partial charge in [-0.3, -0.25) is 4.79 Å². The monoisotopic (exact) mass is 480 g/mol. The molecule has 2 nitrogen and oxygen atoms in total. The van der Waals surface area contributed by atoms with Crippen molar-refractivity contribution in [1.82, 2.24) is 0 Å². The molecule has 0 heterocycles. The molecule has 2 N–H and O–H groups in total. The summed E-state index contributed by atoms with van der Waals surface area (Å²) in [7, 11) is 0. The normalized spacial score (nSPS) is 11.9. The number of amides is 1. The second-order valence-electron chi connectivity index (χ2n) is 11.3. The van der Waals surface area contributed by atoms with Crippen LogP contribution in [0.1, 0.15) is 194 Å². The van der Waals surface area contributed by atoms with Crippen molar-refractivity contribution in [3.8, 4) is 0 Å². The van der Waals surface area contributed by atoms with Gasteiger partial charge in [0.1, 0.15) is 0 Å². The molecule has 0 unspecified atom stereocenters. The van der Waals surface area contributed by atoms with E-state index in [0.717, 1.165) is 19.3 Å². The van der Waals surface area contributed by atoms with E-state index in [0.29, 0.717) is 0 Å². The van der Waals surface area contributed by atoms with E-state index in [1.165, 1.54) is 154 Å². The Labute approximate surface area is 216 Å². The van der Waals surface area contributed by atoms with Crippen LogP contribution in [0.15, 0.2) is 0 Å². The molecule has 0 aromatic heterocycles. The average molecular weight is 480 g/mol. The van der Waals surface area contributed by atoms with Crippen molar-refractivity contribution in [3.05, 3.63) is 0 Å². The van der Waals surface area contributed by atoms with Crippen LogP contribution in [0.4, 0.5) is 0 Å². The highest BCUT2D eigenvalue weighted by Crippen LogP contribution is 2.35. The predicted molar refractivity (Wildman–Crippen MR) is 153 cm³/mol. The van der Waals surface area contributed by atoms with Crippen LogP contribution in [0.2, 0.25) is 0 Å². The fourth-order valence-electron chi connectivity index (χ4n) is 5.51. The zero-order chi connectivity index (χ0) is 25.2. The first-order valence-electron chi connectivity index (χ1n) is 15.9. The van der Waals surface area contributed by atoms with E-state index in [1.54, 1.807) is 0 Å². The van der Waals surface area contributed by atoms with Crippen LogP contribution in [0.3, 0.4) is 0 Å². The van der Waals surface area contributed by atoms with Crippen LogP contribution < -0.4 is 5.73 Å². The third-order valence-electron chi connectivity index (χ3n) is 8.22. The molecule has 0 aliphatic heterocycles. The SMILES string of the molecule is CCCCCCCCCCCCCCC(CC)(CCCCCCCCCCCCCC)C(N)=O. The van der Waals surface area contributed by atoms with Crippen molar-refractivity contribution in [2.24, 2.45) is 11.1 Å². The summed E-state index contributed by atoms with van der Waals surface area (Å²) in [6, 6.07) is 0. The van der Waals surface area contributed by atoms with Crippen molar-refractivity contribution in [2.45, 2.75) is 194 Å². The minimum absolute atomic E-state index is 0.0406. The highest BCUT2D eigenvalue weighted by atomic mass is 16.1. The molecular weight excluding hydrogens is 414 g/mol. The molecule has 0 aromatic carbocycles. The summed E-state index contributed by atoms with van der Waals surface area (Å²) in [4.78, 5) is 12.3. The second-order valence-corrected chi connectivity index (χ2v) is 11.3. The van der Waals surface area contributed by atoms with Crippen LogP contribution >= 0.6 is 0 Å². The Kier molecular flexibility index (Phi) is 25.2. The predicted octanol–water partition coefficient (Wildman–Crippen LogP) is 11.1. The topological polar surface area (TPSA) is 43.1 Å². The van der Waals surface area contributed by atoms with Gasteiger partial charge in [-0.25, -0.2) is 0 Å². The molecule has 0 radical (unpaired) electrons. The maximum Gasteiger partial charge on any atom is 0.223 e. The summed E-state index contributed by atoms with van der Waals surface area (Å²) >= 11 is 0. The van der Waals surface area contributed by atoms with E-state index in [2.05, 4.69) is 20.8 Å². The van der Waals surface area contributed by atoms with E-state index >= 15 is 0 Å². The lowest BCUT2D eigenvalue weighted by atomic mass is 9.75. The van der Waals surface area contributed by atoms with Gasteiger partial charge in [0.05, 0.1) is 0 Å². The molecule has 0 rings (SSSR count). The minimum Gasteiger partial charge on any atom is -0.369 e. The number of nitrogens with two attached hydrogens (primary N) is 1. The maximum atomic E-state index is 12.3. The molecule has 34 heavy (non-hydrogen) atoms. The maximum absolute atomic E-state index is 12.3. The Morgan fingerprint density at radius 1 is 0.441 bits per heavy atom. The zero-order valence-electron chi connectivity index (χ0n) is 24.1. The van der Waals surface area contributed by atoms with Crippen molar-refractivity contribution in [3.63, 3.8) is 0 Å². The molecule has 0 bridgehead atoms. The summed E-state index contributed by atoms with van der Waals surface area (Å²) < 4.78 is 0. The van der Waals surface area contributed by atoms with Gasteiger partial charge in [0.15, 0.2) is 0 Å². The summed E-state index contributed by atoms with van der Waals surface area (Å²) in [6.45, 7) is 6.74. The van der Waals surface area contributed by atoms with Crippen LogP contribution in [0, 0.1) is 5.41 Å². The Balaban J connectivity index is 3.75. The van der Waals surface area contributed by atoms with E-state index in [4.69, 9.17) is 5.73 Å². The van der Waals surface area contributed by atoms with Gasteiger partial charge in [-0.05, 0) is 19.3 Å². The van der Waals surface area contributed by atoms with E-state index in [9.17, 15) is 4.79 Å². The summed E-state index contributed by atoms with van der Waals surface area (Å²) in [5.74, 6) is -0.0406. The fourth-order valence-corrected chi connectivity index (χ4v) is 5.51. The van der Waals surface area contributed by atoms with Gasteiger partial charge in [-0.15, -0.1) is 0 Å². The van der Waals surface area contributed by atoms with Crippen molar-refractivity contribution in [2.75, 3.05) is 0 Å². The van der Waals surface area contributed by atoms with E-state index in [1.807, 2.05) is 0 Å². The molecule has 1 amide bonds. The molecule has 2 heteroatoms. The number of unbranched alkanes of at least 4 members (excludes halogenated alkanes) is 22. The van der Waals surface area contributed by atoms with Gasteiger partial charge in [-0.1, -0.05) is 175 Å². The second kappa shape index (κ2) is 25.6. The van der Waals surface area contributed by atoms with Gasteiger partial charge in [0, 0.05) is 5.41 Å². The van der Waals surface area contributed by atoms with Crippen LogP contribution in [0.25, 0.3) is 0 Å². The van der Waals surface area contributed by atoms with Gasteiger partial charge < -0.3 is 5.73 Å². The first-order chi connectivity index (χ1) is 16.6. The lowest BCUT2D eigenvalue weighted by Crippen LogP contribution is -2.36. The van der Waals surface area contributed by atoms with Crippen molar-refractivity contribution >= 4 is 5.91 Å². The van der Waals surface area contributed by atoms with Crippen molar-refractivity contribution in [1.29, 1.82) is 0 Å². The highest BCUT2D eigenvalue weighted by molar-refractivity contribution is 5.80. The molecule has 0 aliphatic rings. The number of carbonyl (C=O) groups is 1. The third kappa shape index (κ3) is 19.7. The summed E-state index contributed by atoms with van der Waals surface area (Å²) in [6.07, 6.45) is 35.7. The van der Waals surface area contributed by atoms with Gasteiger partial charge in [0.25, 0.3) is 0 Å². The Bertz CT molecular complexity index is 391. The number of rotatable bonds is 28. The highest BCUT2D eigenvalue weighted by Gasteiger charge is 2.33. The smallest absolute Gasteiger partial charge is 0.223 e. The first kappa shape index (κ1) is 33.5. The number of primary amides is 1. The lowest BCUT2D eigenvalue weighted by molar-refractivity contribution is -0.129. The zero-order valence-corrected chi connectivity index (χ0v) is 24.1. The summed E-state index contributed by atoms with van der Waals surface area (Å²) in [5.41, 5.74) is 5.68. The Hall–Kier alpha value is -0.530. The van der Waals surface area contributed by atoms with Gasteiger partial charge in [-0.2, -0.15) is 0 Å². The largest absolute Gasteiger partial charge is 0.369 e. The minimum atomic E-state index is -0.239. The van der Waals surface area contributed by atoms with Crippen LogP contribution in [-0.4, -0.2) is 5.91 Å². The first-order valence-corrected chi connectivity index (χ1v) is 15.9. The van der Waals surface area contributed by atoms with Crippen LogP contribution in [-0.2, 0) is 4.79 Å². The molecule has 0 aromatic rings.